The van der Waals surface area contributed by atoms with Gasteiger partial charge in [0.1, 0.15) is 0 Å². The fourth-order valence-corrected chi connectivity index (χ4v) is 2.00. The minimum absolute atomic E-state index is 0.608. The molecular formula is C10H12BrN5. The Morgan fingerprint density at radius 2 is 2.25 bits per heavy atom. The number of halogens is 1. The highest BCUT2D eigenvalue weighted by Crippen LogP contribution is 2.17. The number of tetrazole rings is 1. The number of hydrogen-bond donors (Lipinski definition) is 2. The molecule has 0 saturated carbocycles. The summed E-state index contributed by atoms with van der Waals surface area (Å²) < 4.78 is 1.12. The van der Waals surface area contributed by atoms with E-state index in [1.165, 1.54) is 11.1 Å². The van der Waals surface area contributed by atoms with E-state index in [9.17, 15) is 0 Å². The predicted octanol–water partition coefficient (Wildman–Crippen LogP) is 1.56. The second-order valence-corrected chi connectivity index (χ2v) is 4.38. The lowest BCUT2D eigenvalue weighted by molar-refractivity contribution is 0.662. The van der Waals surface area contributed by atoms with Crippen molar-refractivity contribution in [1.82, 2.24) is 25.9 Å². The average Bonchev–Trinajstić information content (AvgIpc) is 2.74. The van der Waals surface area contributed by atoms with Crippen LogP contribution in [0.3, 0.4) is 0 Å². The first-order valence-corrected chi connectivity index (χ1v) is 5.73. The zero-order chi connectivity index (χ0) is 11.4. The lowest BCUT2D eigenvalue weighted by Crippen LogP contribution is -2.14. The summed E-state index contributed by atoms with van der Waals surface area (Å²) in [5.41, 5.74) is 2.46. The monoisotopic (exact) mass is 281 g/mol. The molecule has 0 spiro atoms. The molecule has 0 amide bonds. The Morgan fingerprint density at radius 3 is 2.94 bits per heavy atom. The van der Waals surface area contributed by atoms with Crippen LogP contribution in [0.25, 0.3) is 0 Å². The molecule has 0 unspecified atom stereocenters. The van der Waals surface area contributed by atoms with Gasteiger partial charge >= 0.3 is 0 Å². The highest BCUT2D eigenvalue weighted by molar-refractivity contribution is 9.10. The standard InChI is InChI=1S/C10H12BrN5/c1-7-2-3-8(9(11)4-7)5-12-6-10-13-15-16-14-10/h2-4,12H,5-6H2,1H3,(H,13,14,15,16). The zero-order valence-electron chi connectivity index (χ0n) is 8.87. The first-order valence-electron chi connectivity index (χ1n) is 4.94. The number of benzene rings is 1. The molecule has 0 aliphatic carbocycles. The van der Waals surface area contributed by atoms with Crippen molar-refractivity contribution >= 4 is 15.9 Å². The van der Waals surface area contributed by atoms with Crippen molar-refractivity contribution in [2.24, 2.45) is 0 Å². The fourth-order valence-electron chi connectivity index (χ4n) is 1.36. The van der Waals surface area contributed by atoms with Crippen molar-refractivity contribution < 1.29 is 0 Å². The van der Waals surface area contributed by atoms with Crippen molar-refractivity contribution in [3.63, 3.8) is 0 Å². The van der Waals surface area contributed by atoms with Crippen LogP contribution in [0.15, 0.2) is 22.7 Å². The van der Waals surface area contributed by atoms with Crippen molar-refractivity contribution in [2.45, 2.75) is 20.0 Å². The molecule has 0 fully saturated rings. The van der Waals surface area contributed by atoms with Crippen LogP contribution in [0.2, 0.25) is 0 Å². The van der Waals surface area contributed by atoms with Gasteiger partial charge in [-0.2, -0.15) is 5.21 Å². The van der Waals surface area contributed by atoms with Gasteiger partial charge in [-0.05, 0) is 24.1 Å². The van der Waals surface area contributed by atoms with Gasteiger partial charge in [0.15, 0.2) is 5.82 Å². The number of H-pyrrole nitrogens is 1. The molecule has 1 aromatic heterocycles. The average molecular weight is 282 g/mol. The minimum atomic E-state index is 0.608. The van der Waals surface area contributed by atoms with Gasteiger partial charge in [0.05, 0.1) is 6.54 Å². The predicted molar refractivity (Wildman–Crippen MR) is 63.6 cm³/mol. The molecule has 2 aromatic rings. The van der Waals surface area contributed by atoms with Crippen LogP contribution in [-0.4, -0.2) is 20.6 Å². The molecule has 0 aliphatic rings. The normalized spacial score (nSPS) is 10.6. The van der Waals surface area contributed by atoms with Crippen molar-refractivity contribution in [1.29, 1.82) is 0 Å². The van der Waals surface area contributed by atoms with Crippen LogP contribution in [-0.2, 0) is 13.1 Å². The number of aromatic amines is 1. The fraction of sp³-hybridized carbons (Fsp3) is 0.300. The van der Waals surface area contributed by atoms with Gasteiger partial charge in [0.25, 0.3) is 0 Å². The van der Waals surface area contributed by atoms with E-state index in [0.717, 1.165) is 11.0 Å². The van der Waals surface area contributed by atoms with Crippen LogP contribution >= 0.6 is 15.9 Å². The first-order chi connectivity index (χ1) is 7.75. The van der Waals surface area contributed by atoms with Gasteiger partial charge in [-0.25, -0.2) is 0 Å². The maximum Gasteiger partial charge on any atom is 0.188 e. The van der Waals surface area contributed by atoms with E-state index in [4.69, 9.17) is 0 Å². The molecule has 5 nitrogen and oxygen atoms in total. The minimum Gasteiger partial charge on any atom is -0.306 e. The van der Waals surface area contributed by atoms with Gasteiger partial charge in [-0.15, -0.1) is 10.2 Å². The van der Waals surface area contributed by atoms with E-state index < -0.39 is 0 Å². The molecule has 0 atom stereocenters. The number of nitrogens with zero attached hydrogens (tertiary/aromatic N) is 3. The molecular weight excluding hydrogens is 270 g/mol. The lowest BCUT2D eigenvalue weighted by Gasteiger charge is -2.05. The quantitative estimate of drug-likeness (QED) is 0.893. The Morgan fingerprint density at radius 1 is 1.38 bits per heavy atom. The molecule has 16 heavy (non-hydrogen) atoms. The second-order valence-electron chi connectivity index (χ2n) is 3.53. The zero-order valence-corrected chi connectivity index (χ0v) is 10.5. The molecule has 0 saturated heterocycles. The molecule has 6 heteroatoms. The van der Waals surface area contributed by atoms with Crippen LogP contribution < -0.4 is 5.32 Å². The molecule has 1 aromatic carbocycles. The van der Waals surface area contributed by atoms with E-state index >= 15 is 0 Å². The van der Waals surface area contributed by atoms with Gasteiger partial charge in [0.2, 0.25) is 0 Å². The van der Waals surface area contributed by atoms with E-state index in [-0.39, 0.29) is 0 Å². The Bertz CT molecular complexity index is 454. The van der Waals surface area contributed by atoms with Crippen LogP contribution in [0, 0.1) is 6.92 Å². The van der Waals surface area contributed by atoms with Crippen molar-refractivity contribution in [3.05, 3.63) is 39.6 Å². The topological polar surface area (TPSA) is 66.5 Å². The third-order valence-electron chi connectivity index (χ3n) is 2.20. The summed E-state index contributed by atoms with van der Waals surface area (Å²) in [7, 11) is 0. The molecule has 84 valence electrons. The number of aromatic nitrogens is 4. The van der Waals surface area contributed by atoms with Crippen LogP contribution in [0.1, 0.15) is 17.0 Å². The van der Waals surface area contributed by atoms with Gasteiger partial charge < -0.3 is 5.32 Å². The SMILES string of the molecule is Cc1ccc(CNCc2nn[nH]n2)c(Br)c1. The summed E-state index contributed by atoms with van der Waals surface area (Å²) >= 11 is 3.54. The second kappa shape index (κ2) is 5.18. The maximum absolute atomic E-state index is 3.86. The Balaban J connectivity index is 1.90. The lowest BCUT2D eigenvalue weighted by atomic mass is 10.1. The number of hydrogen-bond acceptors (Lipinski definition) is 4. The number of rotatable bonds is 4. The van der Waals surface area contributed by atoms with Gasteiger partial charge in [-0.1, -0.05) is 33.3 Å². The van der Waals surface area contributed by atoms with E-state index in [0.29, 0.717) is 12.4 Å². The summed E-state index contributed by atoms with van der Waals surface area (Å²) in [6.45, 7) is 3.45. The summed E-state index contributed by atoms with van der Waals surface area (Å²) in [5, 5.41) is 16.9. The van der Waals surface area contributed by atoms with Crippen LogP contribution in [0.4, 0.5) is 0 Å². The maximum atomic E-state index is 3.86. The van der Waals surface area contributed by atoms with Gasteiger partial charge in [0, 0.05) is 11.0 Å². The highest BCUT2D eigenvalue weighted by atomic mass is 79.9. The first kappa shape index (κ1) is 11.2. The Hall–Kier alpha value is -1.27. The van der Waals surface area contributed by atoms with E-state index in [1.807, 2.05) is 0 Å². The summed E-state index contributed by atoms with van der Waals surface area (Å²) in [6.07, 6.45) is 0. The molecule has 2 N–H and O–H groups in total. The van der Waals surface area contributed by atoms with Crippen molar-refractivity contribution in [3.8, 4) is 0 Å². The van der Waals surface area contributed by atoms with Crippen LogP contribution in [0.5, 0.6) is 0 Å². The molecule has 1 heterocycles. The van der Waals surface area contributed by atoms with E-state index in [2.05, 4.69) is 67.0 Å². The summed E-state index contributed by atoms with van der Waals surface area (Å²) in [4.78, 5) is 0. The highest BCUT2D eigenvalue weighted by Gasteiger charge is 2.01. The molecule has 2 rings (SSSR count). The Labute approximate surface area is 102 Å². The smallest absolute Gasteiger partial charge is 0.188 e. The van der Waals surface area contributed by atoms with E-state index in [1.54, 1.807) is 0 Å². The Kier molecular flexibility index (Phi) is 3.63. The number of aryl methyl sites for hydroxylation is 1. The molecule has 0 aliphatic heterocycles. The molecule has 0 bridgehead atoms. The number of nitrogens with one attached hydrogen (secondary N) is 2. The third-order valence-corrected chi connectivity index (χ3v) is 2.93. The van der Waals surface area contributed by atoms with Crippen molar-refractivity contribution in [2.75, 3.05) is 0 Å². The summed E-state index contributed by atoms with van der Waals surface area (Å²) in [5.74, 6) is 0.670. The van der Waals surface area contributed by atoms with Gasteiger partial charge in [-0.3, -0.25) is 0 Å². The largest absolute Gasteiger partial charge is 0.306 e. The summed E-state index contributed by atoms with van der Waals surface area (Å²) in [6, 6.07) is 6.30. The third kappa shape index (κ3) is 2.86. The molecule has 0 radical (unpaired) electrons.